The summed E-state index contributed by atoms with van der Waals surface area (Å²) >= 11 is 0. The number of likely N-dealkylation sites (N-methyl/N-ethyl adjacent to an activating group) is 1. The molecule has 65 heavy (non-hydrogen) atoms. The SMILES string of the molecule is CC/C=C/CC/C=C/CC/C=C/C(O)C(COP(=O)(O)OCC[N+](C)(C)C)NC(=O)CCCCCCCCCCCCCCCCCCCCCCCCCCCCCCCCCCC. The van der Waals surface area contributed by atoms with Gasteiger partial charge in [-0.05, 0) is 38.5 Å². The zero-order valence-electron chi connectivity index (χ0n) is 43.7. The largest absolute Gasteiger partial charge is 0.472 e. The molecule has 0 fully saturated rings. The third-order valence-corrected chi connectivity index (χ3v) is 13.6. The van der Waals surface area contributed by atoms with E-state index in [4.69, 9.17) is 9.05 Å². The molecule has 0 bridgehead atoms. The first-order valence-electron chi connectivity index (χ1n) is 27.9. The number of hydrogen-bond donors (Lipinski definition) is 3. The van der Waals surface area contributed by atoms with Crippen molar-refractivity contribution in [2.24, 2.45) is 0 Å². The van der Waals surface area contributed by atoms with Gasteiger partial charge >= 0.3 is 7.82 Å². The second kappa shape index (κ2) is 47.8. The molecule has 8 nitrogen and oxygen atoms in total. The molecule has 3 unspecified atom stereocenters. The topological polar surface area (TPSA) is 105 Å². The van der Waals surface area contributed by atoms with Gasteiger partial charge in [-0.1, -0.05) is 256 Å². The number of unbranched alkanes of at least 4 members (excludes halogenated alkanes) is 34. The number of nitrogens with zero attached hydrogens (tertiary/aromatic N) is 1. The van der Waals surface area contributed by atoms with Gasteiger partial charge in [-0.3, -0.25) is 13.8 Å². The van der Waals surface area contributed by atoms with Crippen LogP contribution in [0.5, 0.6) is 0 Å². The highest BCUT2D eigenvalue weighted by atomic mass is 31.2. The van der Waals surface area contributed by atoms with Crippen LogP contribution < -0.4 is 5.32 Å². The molecule has 384 valence electrons. The molecule has 0 aromatic carbocycles. The molecule has 3 atom stereocenters. The molecule has 3 N–H and O–H groups in total. The minimum atomic E-state index is -4.35. The zero-order chi connectivity index (χ0) is 47.8. The Morgan fingerprint density at radius 2 is 0.862 bits per heavy atom. The molecule has 0 heterocycles. The number of amides is 1. The first kappa shape index (κ1) is 63.7. The lowest BCUT2D eigenvalue weighted by Crippen LogP contribution is -2.45. The summed E-state index contributed by atoms with van der Waals surface area (Å²) < 4.78 is 23.5. The molecule has 0 spiro atoms. The number of aliphatic hydroxyl groups is 1. The first-order chi connectivity index (χ1) is 31.5. The molecular weight excluding hydrogens is 828 g/mol. The van der Waals surface area contributed by atoms with Gasteiger partial charge in [-0.15, -0.1) is 0 Å². The second-order valence-electron chi connectivity index (χ2n) is 20.3. The average Bonchev–Trinajstić information content (AvgIpc) is 3.26. The van der Waals surface area contributed by atoms with E-state index < -0.39 is 20.0 Å². The van der Waals surface area contributed by atoms with E-state index >= 15 is 0 Å². The molecule has 0 aliphatic heterocycles. The number of aliphatic hydroxyl groups excluding tert-OH is 1. The van der Waals surface area contributed by atoms with Crippen molar-refractivity contribution in [3.63, 3.8) is 0 Å². The molecule has 0 aliphatic carbocycles. The molecule has 0 rings (SSSR count). The maximum absolute atomic E-state index is 12.9. The number of quaternary nitrogens is 1. The fourth-order valence-corrected chi connectivity index (χ4v) is 9.00. The quantitative estimate of drug-likeness (QED) is 0.0243. The molecule has 0 aromatic heterocycles. The van der Waals surface area contributed by atoms with E-state index in [1.54, 1.807) is 6.08 Å². The van der Waals surface area contributed by atoms with Gasteiger partial charge in [0.05, 0.1) is 39.9 Å². The lowest BCUT2D eigenvalue weighted by molar-refractivity contribution is -0.870. The Hall–Kier alpha value is -1.28. The number of hydrogen-bond acceptors (Lipinski definition) is 5. The summed E-state index contributed by atoms with van der Waals surface area (Å²) in [6.45, 7) is 4.68. The predicted octanol–water partition coefficient (Wildman–Crippen LogP) is 16.6. The third kappa shape index (κ3) is 50.4. The van der Waals surface area contributed by atoms with E-state index in [1.807, 2.05) is 27.2 Å². The molecule has 0 saturated heterocycles. The predicted molar refractivity (Wildman–Crippen MR) is 281 cm³/mol. The van der Waals surface area contributed by atoms with E-state index in [-0.39, 0.29) is 19.1 Å². The second-order valence-corrected chi connectivity index (χ2v) is 21.7. The number of rotatable bonds is 51. The lowest BCUT2D eigenvalue weighted by atomic mass is 10.0. The van der Waals surface area contributed by atoms with Gasteiger partial charge in [0.1, 0.15) is 13.2 Å². The van der Waals surface area contributed by atoms with Crippen LogP contribution in [0.1, 0.15) is 264 Å². The molecule has 9 heteroatoms. The Labute approximate surface area is 404 Å². The summed E-state index contributed by atoms with van der Waals surface area (Å²) in [7, 11) is 1.55. The van der Waals surface area contributed by atoms with Gasteiger partial charge < -0.3 is 19.8 Å². The third-order valence-electron chi connectivity index (χ3n) is 12.6. The maximum atomic E-state index is 12.9. The smallest absolute Gasteiger partial charge is 0.387 e. The number of allylic oxidation sites excluding steroid dienone is 5. The minimum Gasteiger partial charge on any atom is -0.387 e. The average molecular weight is 938 g/mol. The van der Waals surface area contributed by atoms with Crippen molar-refractivity contribution in [2.45, 2.75) is 276 Å². The van der Waals surface area contributed by atoms with Crippen LogP contribution in [0, 0.1) is 0 Å². The van der Waals surface area contributed by atoms with E-state index in [1.165, 1.54) is 193 Å². The monoisotopic (exact) mass is 938 g/mol. The molecule has 0 aliphatic rings. The van der Waals surface area contributed by atoms with Crippen molar-refractivity contribution in [1.82, 2.24) is 5.32 Å². The van der Waals surface area contributed by atoms with E-state index in [0.717, 1.165) is 51.4 Å². The van der Waals surface area contributed by atoms with Crippen molar-refractivity contribution in [2.75, 3.05) is 40.9 Å². The first-order valence-corrected chi connectivity index (χ1v) is 29.4. The van der Waals surface area contributed by atoms with Gasteiger partial charge in [0.15, 0.2) is 0 Å². The van der Waals surface area contributed by atoms with Crippen LogP contribution in [0.3, 0.4) is 0 Å². The number of carbonyl (C=O) groups is 1. The summed E-state index contributed by atoms with van der Waals surface area (Å²) in [4.78, 5) is 23.1. The number of phosphoric acid groups is 1. The van der Waals surface area contributed by atoms with Gasteiger partial charge in [0.25, 0.3) is 0 Å². The van der Waals surface area contributed by atoms with Crippen molar-refractivity contribution < 1.29 is 32.9 Å². The van der Waals surface area contributed by atoms with E-state index in [0.29, 0.717) is 17.4 Å². The standard InChI is InChI=1S/C56H109N2O6P/c1-6-8-10-12-14-16-18-19-20-21-22-23-24-25-26-27-28-29-30-31-32-33-34-35-36-37-38-39-40-42-44-46-48-50-56(60)57-54(53-64-65(61,62)63-52-51-58(3,4)5)55(59)49-47-45-43-41-17-15-13-11-9-7-2/h9,11,17,41,47,49,54-55,59H,6-8,10,12-16,18-40,42-46,48,50-53H2,1-5H3,(H-,57,60,61,62)/p+1/b11-9+,41-17+,49-47+. The van der Waals surface area contributed by atoms with Crippen LogP contribution in [-0.2, 0) is 18.4 Å². The van der Waals surface area contributed by atoms with Crippen LogP contribution in [-0.4, -0.2) is 73.4 Å². The fourth-order valence-electron chi connectivity index (χ4n) is 8.26. The molecule has 1 amide bonds. The normalized spacial score (nSPS) is 14.3. The van der Waals surface area contributed by atoms with Crippen molar-refractivity contribution in [3.8, 4) is 0 Å². The summed E-state index contributed by atoms with van der Waals surface area (Å²) in [6, 6.07) is -0.865. The lowest BCUT2D eigenvalue weighted by Gasteiger charge is -2.25. The highest BCUT2D eigenvalue weighted by Gasteiger charge is 2.27. The van der Waals surface area contributed by atoms with Crippen molar-refractivity contribution in [1.29, 1.82) is 0 Å². The van der Waals surface area contributed by atoms with Gasteiger partial charge in [0.2, 0.25) is 5.91 Å². The Balaban J connectivity index is 3.91. The Morgan fingerprint density at radius 1 is 0.523 bits per heavy atom. The highest BCUT2D eigenvalue weighted by Crippen LogP contribution is 2.43. The van der Waals surface area contributed by atoms with Crippen LogP contribution in [0.4, 0.5) is 0 Å². The Morgan fingerprint density at radius 3 is 1.22 bits per heavy atom. The van der Waals surface area contributed by atoms with Crippen LogP contribution >= 0.6 is 7.82 Å². The molecule has 0 radical (unpaired) electrons. The van der Waals surface area contributed by atoms with Crippen LogP contribution in [0.25, 0.3) is 0 Å². The Kier molecular flexibility index (Phi) is 46.8. The summed E-state index contributed by atoms with van der Waals surface area (Å²) in [5.74, 6) is -0.189. The fraction of sp³-hybridized carbons (Fsp3) is 0.875. The number of nitrogens with one attached hydrogen (secondary N) is 1. The zero-order valence-corrected chi connectivity index (χ0v) is 44.6. The number of phosphoric ester groups is 1. The van der Waals surface area contributed by atoms with E-state index in [2.05, 4.69) is 43.5 Å². The van der Waals surface area contributed by atoms with Crippen LogP contribution in [0.15, 0.2) is 36.5 Å². The number of carbonyl (C=O) groups excluding carboxylic acids is 1. The highest BCUT2D eigenvalue weighted by molar-refractivity contribution is 7.47. The molecule has 0 saturated carbocycles. The Bertz CT molecular complexity index is 1150. The molecular formula is C56H110N2O6P+. The van der Waals surface area contributed by atoms with Gasteiger partial charge in [0, 0.05) is 6.42 Å². The van der Waals surface area contributed by atoms with Crippen molar-refractivity contribution >= 4 is 13.7 Å². The maximum Gasteiger partial charge on any atom is 0.472 e. The minimum absolute atomic E-state index is 0.0545. The summed E-state index contributed by atoms with van der Waals surface area (Å²) in [5.41, 5.74) is 0. The molecule has 0 aromatic rings. The van der Waals surface area contributed by atoms with Crippen molar-refractivity contribution in [3.05, 3.63) is 36.5 Å². The van der Waals surface area contributed by atoms with Gasteiger partial charge in [-0.2, -0.15) is 0 Å². The summed E-state index contributed by atoms with van der Waals surface area (Å²) in [6.07, 6.45) is 61.5. The van der Waals surface area contributed by atoms with Crippen LogP contribution in [0.2, 0.25) is 0 Å². The summed E-state index contributed by atoms with van der Waals surface area (Å²) in [5, 5.41) is 13.8. The van der Waals surface area contributed by atoms with E-state index in [9.17, 15) is 19.4 Å². The van der Waals surface area contributed by atoms with Gasteiger partial charge in [-0.25, -0.2) is 4.57 Å².